The molecule has 0 aliphatic heterocycles. The summed E-state index contributed by atoms with van der Waals surface area (Å²) in [6.45, 7) is 6.20. The van der Waals surface area contributed by atoms with E-state index < -0.39 is 0 Å². The number of hydrogen-bond acceptors (Lipinski definition) is 1. The van der Waals surface area contributed by atoms with Crippen molar-refractivity contribution in [2.45, 2.75) is 20.8 Å². The second-order valence-corrected chi connectivity index (χ2v) is 2.96. The van der Waals surface area contributed by atoms with E-state index >= 15 is 0 Å². The lowest BCUT2D eigenvalue weighted by molar-refractivity contribution is 1.37. The van der Waals surface area contributed by atoms with Gasteiger partial charge in [0, 0.05) is 5.69 Å². The molecule has 64 valence electrons. The van der Waals surface area contributed by atoms with Crippen LogP contribution < -0.4 is 5.32 Å². The molecule has 1 aromatic rings. The van der Waals surface area contributed by atoms with Crippen LogP contribution in [0.4, 0.5) is 5.69 Å². The highest BCUT2D eigenvalue weighted by Crippen LogP contribution is 2.15. The maximum Gasteiger partial charge on any atom is 0.0411 e. The molecule has 1 rings (SSSR count). The Labute approximate surface area is 74.1 Å². The summed E-state index contributed by atoms with van der Waals surface area (Å²) in [4.78, 5) is 0. The molecule has 12 heavy (non-hydrogen) atoms. The predicted molar refractivity (Wildman–Crippen MR) is 54.4 cm³/mol. The van der Waals surface area contributed by atoms with Crippen LogP contribution in [0.1, 0.15) is 18.1 Å². The molecule has 0 fully saturated rings. The summed E-state index contributed by atoms with van der Waals surface area (Å²) in [7, 11) is 0. The Kier molecular flexibility index (Phi) is 2.92. The van der Waals surface area contributed by atoms with Crippen LogP contribution in [0.15, 0.2) is 30.5 Å². The number of benzene rings is 1. The zero-order chi connectivity index (χ0) is 8.97. The number of allylic oxidation sites excluding steroid dienone is 1. The van der Waals surface area contributed by atoms with E-state index in [2.05, 4.69) is 37.4 Å². The molecule has 1 nitrogen and oxygen atoms in total. The SMILES string of the molecule is C/C=C/Nc1cc(C)ccc1C. The zero-order valence-electron chi connectivity index (χ0n) is 7.89. The monoisotopic (exact) mass is 161 g/mol. The fourth-order valence-corrected chi connectivity index (χ4v) is 1.06. The molecule has 0 spiro atoms. The van der Waals surface area contributed by atoms with Gasteiger partial charge in [0.05, 0.1) is 0 Å². The van der Waals surface area contributed by atoms with Gasteiger partial charge in [-0.3, -0.25) is 0 Å². The van der Waals surface area contributed by atoms with Crippen molar-refractivity contribution in [2.75, 3.05) is 5.32 Å². The third-order valence-corrected chi connectivity index (χ3v) is 1.80. The first-order chi connectivity index (χ1) is 5.74. The summed E-state index contributed by atoms with van der Waals surface area (Å²) >= 11 is 0. The Morgan fingerprint density at radius 1 is 1.25 bits per heavy atom. The summed E-state index contributed by atoms with van der Waals surface area (Å²) < 4.78 is 0. The highest BCUT2D eigenvalue weighted by atomic mass is 14.8. The van der Waals surface area contributed by atoms with Gasteiger partial charge < -0.3 is 5.32 Å². The molecule has 0 unspecified atom stereocenters. The number of anilines is 1. The van der Waals surface area contributed by atoms with Crippen LogP contribution in [-0.2, 0) is 0 Å². The standard InChI is InChI=1S/C11H15N/c1-4-7-12-11-8-9(2)5-6-10(11)3/h4-8,12H,1-3H3/b7-4+. The van der Waals surface area contributed by atoms with Crippen molar-refractivity contribution in [1.82, 2.24) is 0 Å². The van der Waals surface area contributed by atoms with Crippen LogP contribution in [-0.4, -0.2) is 0 Å². The number of aryl methyl sites for hydroxylation is 2. The summed E-state index contributed by atoms with van der Waals surface area (Å²) in [6.07, 6.45) is 3.93. The van der Waals surface area contributed by atoms with E-state index in [0.29, 0.717) is 0 Å². The van der Waals surface area contributed by atoms with Gasteiger partial charge >= 0.3 is 0 Å². The van der Waals surface area contributed by atoms with Crippen LogP contribution in [0.5, 0.6) is 0 Å². The van der Waals surface area contributed by atoms with Crippen LogP contribution >= 0.6 is 0 Å². The summed E-state index contributed by atoms with van der Waals surface area (Å²) in [6, 6.07) is 6.40. The van der Waals surface area contributed by atoms with Crippen molar-refractivity contribution >= 4 is 5.69 Å². The van der Waals surface area contributed by atoms with Crippen LogP contribution in [0.3, 0.4) is 0 Å². The van der Waals surface area contributed by atoms with E-state index in [1.54, 1.807) is 0 Å². The Balaban J connectivity index is 2.89. The van der Waals surface area contributed by atoms with Gasteiger partial charge in [-0.1, -0.05) is 18.2 Å². The summed E-state index contributed by atoms with van der Waals surface area (Å²) in [5.41, 5.74) is 3.75. The third kappa shape index (κ3) is 2.12. The largest absolute Gasteiger partial charge is 0.362 e. The quantitative estimate of drug-likeness (QED) is 0.702. The molecule has 1 aromatic carbocycles. The van der Waals surface area contributed by atoms with Gasteiger partial charge in [0.15, 0.2) is 0 Å². The molecule has 0 amide bonds. The highest BCUT2D eigenvalue weighted by Gasteiger charge is 1.94. The van der Waals surface area contributed by atoms with Crippen molar-refractivity contribution in [3.05, 3.63) is 41.6 Å². The first-order valence-electron chi connectivity index (χ1n) is 4.19. The summed E-state index contributed by atoms with van der Waals surface area (Å²) in [5.74, 6) is 0. The van der Waals surface area contributed by atoms with E-state index in [4.69, 9.17) is 0 Å². The average molecular weight is 161 g/mol. The van der Waals surface area contributed by atoms with Crippen molar-refractivity contribution < 1.29 is 0 Å². The van der Waals surface area contributed by atoms with Crippen molar-refractivity contribution in [3.8, 4) is 0 Å². The van der Waals surface area contributed by atoms with Crippen LogP contribution in [0.2, 0.25) is 0 Å². The average Bonchev–Trinajstić information content (AvgIpc) is 2.07. The number of nitrogens with one attached hydrogen (secondary N) is 1. The van der Waals surface area contributed by atoms with Crippen molar-refractivity contribution in [3.63, 3.8) is 0 Å². The molecule has 0 aliphatic carbocycles. The molecular weight excluding hydrogens is 146 g/mol. The van der Waals surface area contributed by atoms with E-state index in [1.165, 1.54) is 16.8 Å². The Morgan fingerprint density at radius 2 is 2.00 bits per heavy atom. The van der Waals surface area contributed by atoms with Gasteiger partial charge in [-0.2, -0.15) is 0 Å². The van der Waals surface area contributed by atoms with Gasteiger partial charge in [0.1, 0.15) is 0 Å². The highest BCUT2D eigenvalue weighted by molar-refractivity contribution is 5.54. The molecule has 0 bridgehead atoms. The van der Waals surface area contributed by atoms with Crippen LogP contribution in [0.25, 0.3) is 0 Å². The molecule has 0 aliphatic rings. The van der Waals surface area contributed by atoms with Crippen molar-refractivity contribution in [2.24, 2.45) is 0 Å². The normalized spacial score (nSPS) is 10.6. The number of hydrogen-bond donors (Lipinski definition) is 1. The van der Waals surface area contributed by atoms with E-state index in [0.717, 1.165) is 0 Å². The van der Waals surface area contributed by atoms with Gasteiger partial charge in [-0.15, -0.1) is 0 Å². The van der Waals surface area contributed by atoms with E-state index in [9.17, 15) is 0 Å². The predicted octanol–water partition coefficient (Wildman–Crippen LogP) is 3.25. The summed E-state index contributed by atoms with van der Waals surface area (Å²) in [5, 5.41) is 3.22. The minimum Gasteiger partial charge on any atom is -0.362 e. The Hall–Kier alpha value is -1.24. The molecule has 0 saturated carbocycles. The van der Waals surface area contributed by atoms with Gasteiger partial charge in [-0.05, 0) is 44.2 Å². The van der Waals surface area contributed by atoms with Gasteiger partial charge in [-0.25, -0.2) is 0 Å². The van der Waals surface area contributed by atoms with Gasteiger partial charge in [0.25, 0.3) is 0 Å². The fraction of sp³-hybridized carbons (Fsp3) is 0.273. The first kappa shape index (κ1) is 8.85. The Bertz CT molecular complexity index is 287. The third-order valence-electron chi connectivity index (χ3n) is 1.80. The second-order valence-electron chi connectivity index (χ2n) is 2.96. The molecule has 1 N–H and O–H groups in total. The van der Waals surface area contributed by atoms with Crippen molar-refractivity contribution in [1.29, 1.82) is 0 Å². The molecule has 0 aromatic heterocycles. The smallest absolute Gasteiger partial charge is 0.0411 e. The number of rotatable bonds is 2. The van der Waals surface area contributed by atoms with Gasteiger partial charge in [0.2, 0.25) is 0 Å². The lowest BCUT2D eigenvalue weighted by atomic mass is 10.1. The topological polar surface area (TPSA) is 12.0 Å². The molecule has 0 atom stereocenters. The lowest BCUT2D eigenvalue weighted by Gasteiger charge is -2.05. The maximum absolute atomic E-state index is 3.22. The fourth-order valence-electron chi connectivity index (χ4n) is 1.06. The maximum atomic E-state index is 3.22. The van der Waals surface area contributed by atoms with E-state index in [1.807, 2.05) is 19.2 Å². The molecule has 0 saturated heterocycles. The Morgan fingerprint density at radius 3 is 2.67 bits per heavy atom. The zero-order valence-corrected chi connectivity index (χ0v) is 7.89. The van der Waals surface area contributed by atoms with Crippen LogP contribution in [0, 0.1) is 13.8 Å². The molecular formula is C11H15N. The minimum absolute atomic E-state index is 1.19. The molecule has 0 radical (unpaired) electrons. The first-order valence-corrected chi connectivity index (χ1v) is 4.19. The molecule has 1 heteroatoms. The second kappa shape index (κ2) is 3.96. The van der Waals surface area contributed by atoms with E-state index in [-0.39, 0.29) is 0 Å². The lowest BCUT2D eigenvalue weighted by Crippen LogP contribution is -1.90. The minimum atomic E-state index is 1.19. The molecule has 0 heterocycles.